The van der Waals surface area contributed by atoms with Crippen LogP contribution in [0.1, 0.15) is 23.7 Å². The summed E-state index contributed by atoms with van der Waals surface area (Å²) >= 11 is 0. The zero-order valence-electron chi connectivity index (χ0n) is 7.32. The maximum absolute atomic E-state index is 11.2. The van der Waals surface area contributed by atoms with Gasteiger partial charge in [0, 0.05) is 5.56 Å². The van der Waals surface area contributed by atoms with Crippen LogP contribution >= 0.6 is 0 Å². The predicted octanol–water partition coefficient (Wildman–Crippen LogP) is 1.85. The average Bonchev–Trinajstić information content (AvgIpc) is 2.05. The van der Waals surface area contributed by atoms with Crippen LogP contribution in [0.15, 0.2) is 30.3 Å². The Kier molecular flexibility index (Phi) is 5.29. The van der Waals surface area contributed by atoms with Crippen molar-refractivity contribution in [3.63, 3.8) is 0 Å². The van der Waals surface area contributed by atoms with E-state index < -0.39 is 0 Å². The second kappa shape index (κ2) is 5.69. The summed E-state index contributed by atoms with van der Waals surface area (Å²) in [7, 11) is 0. The molecule has 13 heavy (non-hydrogen) atoms. The molecule has 3 heteroatoms. The summed E-state index contributed by atoms with van der Waals surface area (Å²) in [6.07, 6.45) is 0.00398. The number of hydrogen-bond acceptors (Lipinski definition) is 2. The number of carbonyl (C=O) groups is 2. The molecule has 0 aliphatic rings. The van der Waals surface area contributed by atoms with E-state index in [4.69, 9.17) is 0 Å². The molecule has 0 fully saturated rings. The van der Waals surface area contributed by atoms with E-state index >= 15 is 0 Å². The minimum absolute atomic E-state index is 0. The van der Waals surface area contributed by atoms with Crippen molar-refractivity contribution in [3.8, 4) is 0 Å². The molecule has 0 aliphatic heterocycles. The van der Waals surface area contributed by atoms with Gasteiger partial charge in [0.2, 0.25) is 0 Å². The van der Waals surface area contributed by atoms with Crippen molar-refractivity contribution in [2.45, 2.75) is 13.3 Å². The Balaban J connectivity index is 0.00000144. The Labute approximate surface area is 88.1 Å². The maximum atomic E-state index is 11.2. The van der Waals surface area contributed by atoms with Gasteiger partial charge in [-0.2, -0.15) is 0 Å². The van der Waals surface area contributed by atoms with Crippen molar-refractivity contribution in [3.05, 3.63) is 35.9 Å². The smallest absolute Gasteiger partial charge is 0.300 e. The summed E-state index contributed by atoms with van der Waals surface area (Å²) in [4.78, 5) is 21.8. The van der Waals surface area contributed by atoms with Gasteiger partial charge in [0.15, 0.2) is 5.78 Å². The van der Waals surface area contributed by atoms with Crippen molar-refractivity contribution in [2.24, 2.45) is 0 Å². The van der Waals surface area contributed by atoms with Crippen LogP contribution in [0.4, 0.5) is 0 Å². The molecule has 0 atom stereocenters. The number of ketones is 2. The molecule has 1 radical (unpaired) electrons. The summed E-state index contributed by atoms with van der Waals surface area (Å²) in [5.74, 6) is -0.202. The van der Waals surface area contributed by atoms with Crippen LogP contribution in [0.2, 0.25) is 0 Å². The van der Waals surface area contributed by atoms with Gasteiger partial charge in [-0.05, 0) is 6.92 Å². The monoisotopic (exact) mass is 214 g/mol. The first-order valence-electron chi connectivity index (χ1n) is 3.78. The Bertz CT molecular complexity index is 293. The number of benzene rings is 1. The van der Waals surface area contributed by atoms with Gasteiger partial charge < -0.3 is 0 Å². The number of Topliss-reactive ketones (excluding diaryl/α,β-unsaturated/α-hetero) is 2. The molecular formula is C10H10CrO2+3. The normalized spacial score (nSPS) is 8.69. The molecule has 65 valence electrons. The molecular weight excluding hydrogens is 204 g/mol. The van der Waals surface area contributed by atoms with Crippen LogP contribution < -0.4 is 0 Å². The topological polar surface area (TPSA) is 34.1 Å². The van der Waals surface area contributed by atoms with E-state index in [0.717, 1.165) is 0 Å². The number of hydrogen-bond donors (Lipinski definition) is 0. The molecule has 1 aromatic carbocycles. The standard InChI is InChI=1S/C10H10O2.Cr/c1-8(11)7-10(12)9-5-3-2-4-6-9;/h2-6H,7H2,1H3;/q;+3. The molecule has 0 heterocycles. The molecule has 0 amide bonds. The van der Waals surface area contributed by atoms with Gasteiger partial charge in [0.05, 0.1) is 6.42 Å². The molecule has 1 aromatic rings. The second-order valence-corrected chi connectivity index (χ2v) is 2.67. The van der Waals surface area contributed by atoms with Crippen LogP contribution in [0.3, 0.4) is 0 Å². The summed E-state index contributed by atoms with van der Waals surface area (Å²) in [6, 6.07) is 8.84. The minimum atomic E-state index is -0.108. The molecule has 0 saturated heterocycles. The molecule has 0 spiro atoms. The zero-order valence-corrected chi connectivity index (χ0v) is 8.59. The van der Waals surface area contributed by atoms with Crippen molar-refractivity contribution in [1.82, 2.24) is 0 Å². The number of rotatable bonds is 3. The Hall–Kier alpha value is -0.908. The third kappa shape index (κ3) is 4.03. The first-order valence-corrected chi connectivity index (χ1v) is 3.78. The summed E-state index contributed by atoms with van der Waals surface area (Å²) < 4.78 is 0. The van der Waals surface area contributed by atoms with Crippen LogP contribution in [0.5, 0.6) is 0 Å². The minimum Gasteiger partial charge on any atom is -0.300 e. The van der Waals surface area contributed by atoms with E-state index in [0.29, 0.717) is 5.56 Å². The van der Waals surface area contributed by atoms with Gasteiger partial charge in [0.25, 0.3) is 0 Å². The average molecular weight is 214 g/mol. The first kappa shape index (κ1) is 12.1. The van der Waals surface area contributed by atoms with Crippen molar-refractivity contribution < 1.29 is 27.0 Å². The molecule has 0 saturated carbocycles. The molecule has 2 nitrogen and oxygen atoms in total. The van der Waals surface area contributed by atoms with Crippen LogP contribution in [0.25, 0.3) is 0 Å². The van der Waals surface area contributed by atoms with Gasteiger partial charge in [-0.25, -0.2) is 0 Å². The van der Waals surface area contributed by atoms with Gasteiger partial charge in [-0.3, -0.25) is 9.59 Å². The largest absolute Gasteiger partial charge is 3.00 e. The Morgan fingerprint density at radius 3 is 2.15 bits per heavy atom. The molecule has 1 rings (SSSR count). The van der Waals surface area contributed by atoms with E-state index in [1.54, 1.807) is 24.3 Å². The van der Waals surface area contributed by atoms with Crippen LogP contribution in [-0.4, -0.2) is 11.6 Å². The van der Waals surface area contributed by atoms with Crippen molar-refractivity contribution in [1.29, 1.82) is 0 Å². The van der Waals surface area contributed by atoms with Crippen molar-refractivity contribution in [2.75, 3.05) is 0 Å². The third-order valence-corrected chi connectivity index (χ3v) is 1.51. The first-order chi connectivity index (χ1) is 5.70. The van der Waals surface area contributed by atoms with Crippen LogP contribution in [-0.2, 0) is 22.2 Å². The van der Waals surface area contributed by atoms with Crippen molar-refractivity contribution >= 4 is 11.6 Å². The molecule has 0 N–H and O–H groups in total. The van der Waals surface area contributed by atoms with Gasteiger partial charge in [0.1, 0.15) is 5.78 Å². The third-order valence-electron chi connectivity index (χ3n) is 1.51. The maximum Gasteiger partial charge on any atom is 3.00 e. The Morgan fingerprint density at radius 1 is 1.15 bits per heavy atom. The summed E-state index contributed by atoms with van der Waals surface area (Å²) in [5, 5.41) is 0. The molecule has 0 unspecified atom stereocenters. The van der Waals surface area contributed by atoms with Gasteiger partial charge >= 0.3 is 17.4 Å². The van der Waals surface area contributed by atoms with Gasteiger partial charge in [-0.1, -0.05) is 30.3 Å². The molecule has 0 aromatic heterocycles. The van der Waals surface area contributed by atoms with Crippen LogP contribution in [0, 0.1) is 0 Å². The summed E-state index contributed by atoms with van der Waals surface area (Å²) in [6.45, 7) is 1.42. The van der Waals surface area contributed by atoms with E-state index in [1.165, 1.54) is 6.92 Å². The fourth-order valence-corrected chi connectivity index (χ4v) is 0.952. The zero-order chi connectivity index (χ0) is 8.97. The molecule has 0 bridgehead atoms. The quantitative estimate of drug-likeness (QED) is 0.568. The summed E-state index contributed by atoms with van der Waals surface area (Å²) in [5.41, 5.74) is 0.604. The Morgan fingerprint density at radius 2 is 1.69 bits per heavy atom. The predicted molar refractivity (Wildman–Crippen MR) is 46.1 cm³/mol. The fourth-order valence-electron chi connectivity index (χ4n) is 0.952. The van der Waals surface area contributed by atoms with E-state index in [9.17, 15) is 9.59 Å². The van der Waals surface area contributed by atoms with Gasteiger partial charge in [-0.15, -0.1) is 0 Å². The SMILES string of the molecule is CC(=O)CC(=O)c1ccccc1.[Cr+3]. The second-order valence-electron chi connectivity index (χ2n) is 2.67. The molecule has 0 aliphatic carbocycles. The number of carbonyl (C=O) groups excluding carboxylic acids is 2. The van der Waals surface area contributed by atoms with E-state index in [2.05, 4.69) is 0 Å². The fraction of sp³-hybridized carbons (Fsp3) is 0.200. The van der Waals surface area contributed by atoms with E-state index in [1.807, 2.05) is 6.07 Å². The van der Waals surface area contributed by atoms with E-state index in [-0.39, 0.29) is 35.3 Å².